The van der Waals surface area contributed by atoms with E-state index in [0.717, 1.165) is 5.56 Å². The van der Waals surface area contributed by atoms with Crippen LogP contribution in [0.15, 0.2) is 54.6 Å². The second-order valence-electron chi connectivity index (χ2n) is 5.93. The van der Waals surface area contributed by atoms with Crippen LogP contribution in [-0.2, 0) is 16.0 Å². The number of hydrogen-bond donors (Lipinski definition) is 0. The predicted octanol–water partition coefficient (Wildman–Crippen LogP) is 3.36. The summed E-state index contributed by atoms with van der Waals surface area (Å²) in [4.78, 5) is 26.5. The number of imide groups is 1. The van der Waals surface area contributed by atoms with Gasteiger partial charge in [-0.05, 0) is 31.0 Å². The number of para-hydroxylation sites is 1. The zero-order chi connectivity index (χ0) is 15.7. The molecule has 3 nitrogen and oxygen atoms in total. The van der Waals surface area contributed by atoms with E-state index in [1.165, 1.54) is 10.5 Å². The normalized spacial score (nSPS) is 21.5. The second-order valence-corrected chi connectivity index (χ2v) is 5.93. The molecule has 1 aliphatic rings. The van der Waals surface area contributed by atoms with Gasteiger partial charge in [-0.3, -0.25) is 14.5 Å². The van der Waals surface area contributed by atoms with Gasteiger partial charge in [0, 0.05) is 5.92 Å². The fourth-order valence-electron chi connectivity index (χ4n) is 2.94. The van der Waals surface area contributed by atoms with Gasteiger partial charge in [-0.1, -0.05) is 55.0 Å². The first-order valence-electron chi connectivity index (χ1n) is 7.56. The summed E-state index contributed by atoms with van der Waals surface area (Å²) in [5, 5.41) is 0. The molecule has 2 aromatic carbocycles. The number of aryl methyl sites for hydroxylation is 1. The third-order valence-electron chi connectivity index (χ3n) is 4.34. The minimum absolute atomic E-state index is 0.0933. The lowest BCUT2D eigenvalue weighted by molar-refractivity contribution is -0.122. The van der Waals surface area contributed by atoms with Gasteiger partial charge in [0.1, 0.15) is 0 Å². The SMILES string of the molecule is Cc1ccc(C[C@H]2C(=O)N(c3ccccc3)C(=O)[C@@H]2C)cc1. The van der Waals surface area contributed by atoms with Crippen LogP contribution >= 0.6 is 0 Å². The molecule has 0 unspecified atom stereocenters. The molecule has 0 bridgehead atoms. The van der Waals surface area contributed by atoms with Crippen LogP contribution in [0, 0.1) is 18.8 Å². The molecule has 112 valence electrons. The van der Waals surface area contributed by atoms with Gasteiger partial charge in [0.15, 0.2) is 0 Å². The van der Waals surface area contributed by atoms with Gasteiger partial charge in [0.25, 0.3) is 0 Å². The van der Waals surface area contributed by atoms with E-state index < -0.39 is 0 Å². The second kappa shape index (κ2) is 5.76. The number of benzene rings is 2. The minimum atomic E-state index is -0.283. The predicted molar refractivity (Wildman–Crippen MR) is 86.5 cm³/mol. The average Bonchev–Trinajstić information content (AvgIpc) is 2.74. The molecule has 22 heavy (non-hydrogen) atoms. The van der Waals surface area contributed by atoms with E-state index in [2.05, 4.69) is 0 Å². The van der Waals surface area contributed by atoms with Crippen molar-refractivity contribution in [1.29, 1.82) is 0 Å². The average molecular weight is 293 g/mol. The maximum Gasteiger partial charge on any atom is 0.238 e. The van der Waals surface area contributed by atoms with E-state index >= 15 is 0 Å². The number of carbonyl (C=O) groups excluding carboxylic acids is 2. The van der Waals surface area contributed by atoms with E-state index in [9.17, 15) is 9.59 Å². The van der Waals surface area contributed by atoms with Crippen molar-refractivity contribution in [2.75, 3.05) is 4.90 Å². The summed E-state index contributed by atoms with van der Waals surface area (Å²) in [6.07, 6.45) is 0.607. The molecular formula is C19H19NO2. The Morgan fingerprint density at radius 2 is 1.55 bits per heavy atom. The fourth-order valence-corrected chi connectivity index (χ4v) is 2.94. The van der Waals surface area contributed by atoms with Crippen LogP contribution in [-0.4, -0.2) is 11.8 Å². The zero-order valence-corrected chi connectivity index (χ0v) is 12.8. The smallest absolute Gasteiger partial charge is 0.238 e. The first kappa shape index (κ1) is 14.5. The minimum Gasteiger partial charge on any atom is -0.274 e. The standard InChI is InChI=1S/C19H19NO2/c1-13-8-10-15(11-9-13)12-17-14(2)18(21)20(19(17)22)16-6-4-3-5-7-16/h3-11,14,17H,12H2,1-2H3/t14-,17-/m1/s1. The number of carbonyl (C=O) groups is 2. The third-order valence-corrected chi connectivity index (χ3v) is 4.34. The molecule has 2 atom stereocenters. The summed E-state index contributed by atoms with van der Waals surface area (Å²) < 4.78 is 0. The van der Waals surface area contributed by atoms with Crippen LogP contribution in [0.4, 0.5) is 5.69 Å². The third kappa shape index (κ3) is 2.54. The first-order chi connectivity index (χ1) is 10.6. The summed E-state index contributed by atoms with van der Waals surface area (Å²) in [6, 6.07) is 17.3. The van der Waals surface area contributed by atoms with E-state index in [4.69, 9.17) is 0 Å². The highest BCUT2D eigenvalue weighted by molar-refractivity contribution is 6.21. The Hall–Kier alpha value is -2.42. The topological polar surface area (TPSA) is 37.4 Å². The molecule has 2 amide bonds. The maximum absolute atomic E-state index is 12.7. The molecule has 2 aromatic rings. The fraction of sp³-hybridized carbons (Fsp3) is 0.263. The van der Waals surface area contributed by atoms with Crippen molar-refractivity contribution < 1.29 is 9.59 Å². The van der Waals surface area contributed by atoms with E-state index in [0.29, 0.717) is 12.1 Å². The lowest BCUT2D eigenvalue weighted by Gasteiger charge is -2.14. The van der Waals surface area contributed by atoms with Gasteiger partial charge in [0.05, 0.1) is 11.6 Å². The molecule has 1 aliphatic heterocycles. The van der Waals surface area contributed by atoms with Crippen molar-refractivity contribution in [3.8, 4) is 0 Å². The number of anilines is 1. The Bertz CT molecular complexity index is 691. The molecule has 0 radical (unpaired) electrons. The highest BCUT2D eigenvalue weighted by Crippen LogP contribution is 2.32. The van der Waals surface area contributed by atoms with E-state index in [1.54, 1.807) is 12.1 Å². The Labute approximate surface area is 130 Å². The number of amides is 2. The number of rotatable bonds is 3. The summed E-state index contributed by atoms with van der Waals surface area (Å²) >= 11 is 0. The molecule has 0 saturated carbocycles. The van der Waals surface area contributed by atoms with Gasteiger partial charge in [-0.2, -0.15) is 0 Å². The van der Waals surface area contributed by atoms with Gasteiger partial charge in [-0.25, -0.2) is 0 Å². The monoisotopic (exact) mass is 293 g/mol. The molecule has 1 saturated heterocycles. The highest BCUT2D eigenvalue weighted by atomic mass is 16.2. The molecule has 0 spiro atoms. The molecule has 3 heteroatoms. The maximum atomic E-state index is 12.7. The van der Waals surface area contributed by atoms with E-state index in [-0.39, 0.29) is 23.7 Å². The molecule has 0 aliphatic carbocycles. The lowest BCUT2D eigenvalue weighted by Crippen LogP contribution is -2.31. The van der Waals surface area contributed by atoms with Gasteiger partial charge >= 0.3 is 0 Å². The zero-order valence-electron chi connectivity index (χ0n) is 12.8. The van der Waals surface area contributed by atoms with Gasteiger partial charge in [0.2, 0.25) is 11.8 Å². The molecule has 3 rings (SSSR count). The Kier molecular flexibility index (Phi) is 3.80. The lowest BCUT2D eigenvalue weighted by atomic mass is 9.90. The van der Waals surface area contributed by atoms with Crippen molar-refractivity contribution in [1.82, 2.24) is 0 Å². The molecular weight excluding hydrogens is 274 g/mol. The van der Waals surface area contributed by atoms with Crippen molar-refractivity contribution in [3.63, 3.8) is 0 Å². The highest BCUT2D eigenvalue weighted by Gasteiger charge is 2.45. The Balaban J connectivity index is 1.86. The van der Waals surface area contributed by atoms with Crippen molar-refractivity contribution in [3.05, 3.63) is 65.7 Å². The van der Waals surface area contributed by atoms with Gasteiger partial charge < -0.3 is 0 Å². The molecule has 1 heterocycles. The van der Waals surface area contributed by atoms with Crippen LogP contribution in [0.1, 0.15) is 18.1 Å². The van der Waals surface area contributed by atoms with Crippen LogP contribution in [0.2, 0.25) is 0 Å². The largest absolute Gasteiger partial charge is 0.274 e. The summed E-state index contributed by atoms with van der Waals surface area (Å²) in [5.41, 5.74) is 2.95. The first-order valence-corrected chi connectivity index (χ1v) is 7.56. The van der Waals surface area contributed by atoms with E-state index in [1.807, 2.05) is 56.3 Å². The van der Waals surface area contributed by atoms with Crippen LogP contribution in [0.25, 0.3) is 0 Å². The summed E-state index contributed by atoms with van der Waals surface area (Å²) in [7, 11) is 0. The van der Waals surface area contributed by atoms with Crippen LogP contribution in [0.3, 0.4) is 0 Å². The number of hydrogen-bond acceptors (Lipinski definition) is 2. The Morgan fingerprint density at radius 1 is 0.909 bits per heavy atom. The molecule has 1 fully saturated rings. The van der Waals surface area contributed by atoms with Crippen molar-refractivity contribution in [2.45, 2.75) is 20.3 Å². The number of nitrogens with zero attached hydrogens (tertiary/aromatic N) is 1. The molecule has 0 N–H and O–H groups in total. The molecule has 0 aromatic heterocycles. The van der Waals surface area contributed by atoms with Crippen molar-refractivity contribution in [2.24, 2.45) is 11.8 Å². The Morgan fingerprint density at radius 3 is 2.18 bits per heavy atom. The van der Waals surface area contributed by atoms with Crippen LogP contribution in [0.5, 0.6) is 0 Å². The summed E-state index contributed by atoms with van der Waals surface area (Å²) in [6.45, 7) is 3.88. The van der Waals surface area contributed by atoms with Crippen LogP contribution < -0.4 is 4.90 Å². The summed E-state index contributed by atoms with van der Waals surface area (Å²) in [5.74, 6) is -0.762. The quantitative estimate of drug-likeness (QED) is 0.814. The van der Waals surface area contributed by atoms with Gasteiger partial charge in [-0.15, -0.1) is 0 Å². The van der Waals surface area contributed by atoms with Crippen molar-refractivity contribution >= 4 is 17.5 Å².